The van der Waals surface area contributed by atoms with E-state index in [0.717, 1.165) is 12.0 Å². The zero-order valence-electron chi connectivity index (χ0n) is 20.3. The lowest BCUT2D eigenvalue weighted by Crippen LogP contribution is -2.34. The fourth-order valence-corrected chi connectivity index (χ4v) is 4.27. The second-order valence-electron chi connectivity index (χ2n) is 8.47. The number of aryl methyl sites for hydroxylation is 1. The number of anilines is 2. The van der Waals surface area contributed by atoms with Gasteiger partial charge in [0.2, 0.25) is 5.91 Å². The number of ether oxygens (including phenoxy) is 2. The number of amides is 1. The second kappa shape index (κ2) is 9.76. The van der Waals surface area contributed by atoms with Crippen molar-refractivity contribution in [3.8, 4) is 22.8 Å². The van der Waals surface area contributed by atoms with Crippen molar-refractivity contribution < 1.29 is 18.7 Å². The first kappa shape index (κ1) is 23.5. The van der Waals surface area contributed by atoms with E-state index in [-0.39, 0.29) is 17.3 Å². The van der Waals surface area contributed by atoms with E-state index in [2.05, 4.69) is 15.1 Å². The number of hydrogen-bond acceptors (Lipinski definition) is 8. The van der Waals surface area contributed by atoms with Crippen LogP contribution in [0.15, 0.2) is 42.9 Å². The molecule has 10 nitrogen and oxygen atoms in total. The second-order valence-corrected chi connectivity index (χ2v) is 8.47. The van der Waals surface area contributed by atoms with E-state index in [4.69, 9.17) is 14.5 Å². The van der Waals surface area contributed by atoms with Gasteiger partial charge in [0.25, 0.3) is 0 Å². The van der Waals surface area contributed by atoms with Crippen molar-refractivity contribution in [1.82, 2.24) is 29.6 Å². The molecule has 1 aromatic carbocycles. The van der Waals surface area contributed by atoms with Gasteiger partial charge in [-0.3, -0.25) is 14.5 Å². The summed E-state index contributed by atoms with van der Waals surface area (Å²) in [6, 6.07) is 6.63. The molecule has 1 fully saturated rings. The minimum absolute atomic E-state index is 0.0473. The Bertz CT molecular complexity index is 1420. The molecule has 0 spiro atoms. The quantitative estimate of drug-likeness (QED) is 0.370. The van der Waals surface area contributed by atoms with Crippen LogP contribution in [0.25, 0.3) is 22.4 Å². The van der Waals surface area contributed by atoms with Crippen molar-refractivity contribution in [2.24, 2.45) is 7.05 Å². The van der Waals surface area contributed by atoms with Crippen molar-refractivity contribution in [1.29, 1.82) is 0 Å². The van der Waals surface area contributed by atoms with Crippen LogP contribution in [0.4, 0.5) is 15.9 Å². The summed E-state index contributed by atoms with van der Waals surface area (Å²) in [7, 11) is 4.74. The Kier molecular flexibility index (Phi) is 6.36. The number of aromatic nitrogens is 5. The Morgan fingerprint density at radius 3 is 2.69 bits per heavy atom. The van der Waals surface area contributed by atoms with Crippen LogP contribution in [0.1, 0.15) is 12.8 Å². The van der Waals surface area contributed by atoms with Crippen LogP contribution >= 0.6 is 0 Å². The molecule has 5 rings (SSSR count). The number of benzene rings is 1. The highest BCUT2D eigenvalue weighted by Gasteiger charge is 2.25. The van der Waals surface area contributed by atoms with Gasteiger partial charge in [0, 0.05) is 57.0 Å². The number of pyridine rings is 1. The first-order valence-corrected chi connectivity index (χ1v) is 11.6. The number of halogens is 1. The zero-order chi connectivity index (χ0) is 25.2. The SMILES string of the molecule is COc1cc(OC)c(F)c(N(CCN2CCCC2=O)c2ccc3ncc(-c4cnn(C)c4)nc3n2)c1. The van der Waals surface area contributed by atoms with Gasteiger partial charge in [-0.15, -0.1) is 0 Å². The van der Waals surface area contributed by atoms with Crippen molar-refractivity contribution in [2.45, 2.75) is 12.8 Å². The first-order chi connectivity index (χ1) is 17.5. The Labute approximate surface area is 207 Å². The number of rotatable bonds is 8. The molecule has 0 radical (unpaired) electrons. The van der Waals surface area contributed by atoms with Crippen LogP contribution in [0, 0.1) is 5.82 Å². The average Bonchev–Trinajstić information content (AvgIpc) is 3.52. The molecular formula is C25H26FN7O3. The Balaban J connectivity index is 1.58. The Hall–Kier alpha value is -4.28. The summed E-state index contributed by atoms with van der Waals surface area (Å²) in [6.07, 6.45) is 6.57. The molecule has 1 amide bonds. The molecule has 0 saturated carbocycles. The summed E-state index contributed by atoms with van der Waals surface area (Å²) in [5, 5.41) is 4.19. The lowest BCUT2D eigenvalue weighted by Gasteiger charge is -2.28. The first-order valence-electron chi connectivity index (χ1n) is 11.6. The normalized spacial score (nSPS) is 13.4. The molecule has 0 N–H and O–H groups in total. The van der Waals surface area contributed by atoms with Gasteiger partial charge >= 0.3 is 0 Å². The van der Waals surface area contributed by atoms with E-state index in [9.17, 15) is 4.79 Å². The van der Waals surface area contributed by atoms with E-state index in [0.29, 0.717) is 54.5 Å². The predicted molar refractivity (Wildman–Crippen MR) is 132 cm³/mol. The summed E-state index contributed by atoms with van der Waals surface area (Å²) in [5.74, 6) is 0.484. The molecule has 4 aromatic rings. The van der Waals surface area contributed by atoms with E-state index >= 15 is 4.39 Å². The zero-order valence-corrected chi connectivity index (χ0v) is 20.3. The lowest BCUT2D eigenvalue weighted by atomic mass is 10.2. The topological polar surface area (TPSA) is 98.5 Å². The number of fused-ring (bicyclic) bond motifs is 1. The summed E-state index contributed by atoms with van der Waals surface area (Å²) < 4.78 is 27.9. The molecule has 4 heterocycles. The largest absolute Gasteiger partial charge is 0.497 e. The smallest absolute Gasteiger partial charge is 0.222 e. The van der Waals surface area contributed by atoms with Gasteiger partial charge in [0.05, 0.1) is 38.0 Å². The number of hydrogen-bond donors (Lipinski definition) is 0. The predicted octanol–water partition coefficient (Wildman–Crippen LogP) is 3.34. The van der Waals surface area contributed by atoms with Gasteiger partial charge in [-0.1, -0.05) is 0 Å². The van der Waals surface area contributed by atoms with Gasteiger partial charge in [0.1, 0.15) is 17.1 Å². The fourth-order valence-electron chi connectivity index (χ4n) is 4.27. The molecule has 0 aliphatic carbocycles. The number of carbonyl (C=O) groups is 1. The van der Waals surface area contributed by atoms with Crippen LogP contribution in [-0.2, 0) is 11.8 Å². The van der Waals surface area contributed by atoms with Gasteiger partial charge in [-0.05, 0) is 18.6 Å². The van der Waals surface area contributed by atoms with Crippen LogP contribution < -0.4 is 14.4 Å². The Morgan fingerprint density at radius 1 is 1.14 bits per heavy atom. The third-order valence-electron chi connectivity index (χ3n) is 6.17. The van der Waals surface area contributed by atoms with E-state index in [1.807, 2.05) is 13.2 Å². The van der Waals surface area contributed by atoms with Crippen LogP contribution in [0.3, 0.4) is 0 Å². The van der Waals surface area contributed by atoms with Crippen molar-refractivity contribution in [3.05, 3.63) is 48.7 Å². The maximum atomic E-state index is 15.5. The van der Waals surface area contributed by atoms with Gasteiger partial charge in [-0.25, -0.2) is 14.4 Å². The molecule has 1 aliphatic heterocycles. The van der Waals surface area contributed by atoms with E-state index in [1.54, 1.807) is 45.1 Å². The van der Waals surface area contributed by atoms with Crippen LogP contribution in [0.2, 0.25) is 0 Å². The molecule has 1 saturated heterocycles. The standard InChI is InChI=1S/C25H26FN7O3/c1-31-15-16(13-28-31)19-14-27-18-6-7-22(30-25(18)29-19)33(10-9-32-8-4-5-23(32)34)20-11-17(35-2)12-21(36-3)24(20)26/h6-7,11-15H,4-5,8-10H2,1-3H3. The summed E-state index contributed by atoms with van der Waals surface area (Å²) in [4.78, 5) is 29.6. The molecule has 1 aliphatic rings. The van der Waals surface area contributed by atoms with Gasteiger partial charge in [-0.2, -0.15) is 5.10 Å². The monoisotopic (exact) mass is 491 g/mol. The summed E-state index contributed by atoms with van der Waals surface area (Å²) in [6.45, 7) is 1.41. The van der Waals surface area contributed by atoms with Crippen LogP contribution in [0.5, 0.6) is 11.5 Å². The number of carbonyl (C=O) groups excluding carboxylic acids is 1. The molecule has 0 unspecified atom stereocenters. The van der Waals surface area contributed by atoms with Gasteiger partial charge in [0.15, 0.2) is 17.2 Å². The Morgan fingerprint density at radius 2 is 2.00 bits per heavy atom. The third kappa shape index (κ3) is 4.51. The molecule has 0 atom stereocenters. The van der Waals surface area contributed by atoms with Gasteiger partial charge < -0.3 is 19.3 Å². The van der Waals surface area contributed by atoms with E-state index < -0.39 is 5.82 Å². The number of methoxy groups -OCH3 is 2. The molecule has 36 heavy (non-hydrogen) atoms. The highest BCUT2D eigenvalue weighted by molar-refractivity contribution is 5.79. The molecule has 3 aromatic heterocycles. The maximum absolute atomic E-state index is 15.5. The fraction of sp³-hybridized carbons (Fsp3) is 0.320. The molecular weight excluding hydrogens is 465 g/mol. The average molecular weight is 492 g/mol. The third-order valence-corrected chi connectivity index (χ3v) is 6.17. The van der Waals surface area contributed by atoms with Crippen molar-refractivity contribution in [2.75, 3.05) is 38.8 Å². The number of nitrogens with zero attached hydrogens (tertiary/aromatic N) is 7. The molecule has 186 valence electrons. The molecule has 0 bridgehead atoms. The minimum Gasteiger partial charge on any atom is -0.497 e. The highest BCUT2D eigenvalue weighted by atomic mass is 19.1. The molecule has 11 heteroatoms. The minimum atomic E-state index is -0.553. The summed E-state index contributed by atoms with van der Waals surface area (Å²) in [5.41, 5.74) is 2.67. The highest BCUT2D eigenvalue weighted by Crippen LogP contribution is 2.36. The van der Waals surface area contributed by atoms with Crippen LogP contribution in [-0.4, -0.2) is 69.4 Å². The lowest BCUT2D eigenvalue weighted by molar-refractivity contribution is -0.127. The maximum Gasteiger partial charge on any atom is 0.222 e. The van der Waals surface area contributed by atoms with Crippen molar-refractivity contribution in [3.63, 3.8) is 0 Å². The van der Waals surface area contributed by atoms with E-state index in [1.165, 1.54) is 20.3 Å². The number of likely N-dealkylation sites (tertiary alicyclic amines) is 1. The van der Waals surface area contributed by atoms with Crippen molar-refractivity contribution >= 4 is 28.6 Å². The summed E-state index contributed by atoms with van der Waals surface area (Å²) >= 11 is 0.